The van der Waals surface area contributed by atoms with Gasteiger partial charge in [0.05, 0.1) is 12.2 Å². The van der Waals surface area contributed by atoms with E-state index in [0.717, 1.165) is 25.0 Å². The molecule has 0 aromatic heterocycles. The number of rotatable bonds is 8. The zero-order chi connectivity index (χ0) is 23.8. The molecule has 0 saturated heterocycles. The van der Waals surface area contributed by atoms with Crippen LogP contribution in [-0.4, -0.2) is 54.0 Å². The normalized spacial score (nSPS) is 8.41. The minimum atomic E-state index is -0.935. The number of aliphatic hydroxyl groups is 1. The van der Waals surface area contributed by atoms with Gasteiger partial charge >= 0.3 is 11.9 Å². The van der Waals surface area contributed by atoms with E-state index in [-0.39, 0.29) is 17.8 Å². The summed E-state index contributed by atoms with van der Waals surface area (Å²) in [5.41, 5.74) is 0.207. The van der Waals surface area contributed by atoms with Crippen LogP contribution in [0.3, 0.4) is 0 Å². The molecule has 0 fully saturated rings. The SMILES string of the molecule is C=C(C)C(=O)O.C=CC(=O)NC(=O)C=CC(=C)C(=O)OCC.C=O.CCCCO. The molecule has 0 aromatic carbocycles. The average molecular weight is 413 g/mol. The minimum Gasteiger partial charge on any atom is -0.478 e. The highest BCUT2D eigenvalue weighted by atomic mass is 16.5. The monoisotopic (exact) mass is 413 g/mol. The van der Waals surface area contributed by atoms with Crippen molar-refractivity contribution < 1.29 is 38.9 Å². The van der Waals surface area contributed by atoms with Crippen LogP contribution in [0.15, 0.2) is 49.1 Å². The largest absolute Gasteiger partial charge is 0.478 e. The van der Waals surface area contributed by atoms with Crippen LogP contribution in [0.5, 0.6) is 0 Å². The fourth-order valence-corrected chi connectivity index (χ4v) is 0.840. The zero-order valence-electron chi connectivity index (χ0n) is 17.2. The second-order valence-corrected chi connectivity index (χ2v) is 4.80. The molecule has 0 rings (SSSR count). The minimum absolute atomic E-state index is 0.0306. The molecular formula is C20H31NO8. The third-order valence-electron chi connectivity index (χ3n) is 2.28. The van der Waals surface area contributed by atoms with Gasteiger partial charge < -0.3 is 19.7 Å². The molecule has 0 aliphatic carbocycles. The molecule has 9 heteroatoms. The summed E-state index contributed by atoms with van der Waals surface area (Å²) in [6.45, 7) is 17.5. The number of aliphatic hydroxyl groups excluding tert-OH is 1. The van der Waals surface area contributed by atoms with Gasteiger partial charge in [-0.1, -0.05) is 33.1 Å². The first-order chi connectivity index (χ1) is 13.6. The van der Waals surface area contributed by atoms with Crippen LogP contribution in [0.4, 0.5) is 0 Å². The number of aliphatic carboxylic acids is 1. The number of amides is 2. The summed E-state index contributed by atoms with van der Waals surface area (Å²) in [6.07, 6.45) is 5.19. The van der Waals surface area contributed by atoms with E-state index in [0.29, 0.717) is 6.61 Å². The van der Waals surface area contributed by atoms with Gasteiger partial charge in [-0.05, 0) is 32.4 Å². The van der Waals surface area contributed by atoms with Gasteiger partial charge in [-0.2, -0.15) is 0 Å². The Bertz CT molecular complexity index is 565. The van der Waals surface area contributed by atoms with E-state index in [9.17, 15) is 19.2 Å². The first kappa shape index (κ1) is 33.3. The number of carbonyl (C=O) groups excluding carboxylic acids is 4. The van der Waals surface area contributed by atoms with E-state index < -0.39 is 23.8 Å². The van der Waals surface area contributed by atoms with Crippen LogP contribution in [0, 0.1) is 0 Å². The van der Waals surface area contributed by atoms with Crippen molar-refractivity contribution in [3.05, 3.63) is 49.1 Å². The van der Waals surface area contributed by atoms with Gasteiger partial charge in [0.1, 0.15) is 6.79 Å². The highest BCUT2D eigenvalue weighted by Gasteiger charge is 2.05. The summed E-state index contributed by atoms with van der Waals surface area (Å²) < 4.78 is 4.63. The lowest BCUT2D eigenvalue weighted by atomic mass is 10.3. The van der Waals surface area contributed by atoms with Crippen molar-refractivity contribution >= 4 is 30.5 Å². The molecule has 0 aliphatic rings. The number of hydrogen-bond acceptors (Lipinski definition) is 7. The summed E-state index contributed by atoms with van der Waals surface area (Å²) in [7, 11) is 0. The van der Waals surface area contributed by atoms with Crippen molar-refractivity contribution in [1.29, 1.82) is 0 Å². The van der Waals surface area contributed by atoms with Gasteiger partial charge in [0.15, 0.2) is 0 Å². The number of unbranched alkanes of at least 4 members (excludes halogenated alkanes) is 1. The first-order valence-electron chi connectivity index (χ1n) is 8.37. The van der Waals surface area contributed by atoms with Crippen LogP contribution in [-0.2, 0) is 28.7 Å². The Kier molecular flexibility index (Phi) is 28.3. The van der Waals surface area contributed by atoms with Crippen molar-refractivity contribution in [3.8, 4) is 0 Å². The lowest BCUT2D eigenvalue weighted by molar-refractivity contribution is -0.138. The lowest BCUT2D eigenvalue weighted by Gasteiger charge is -1.99. The Morgan fingerprint density at radius 1 is 1.03 bits per heavy atom. The number of ether oxygens (including phenoxy) is 1. The second kappa shape index (κ2) is 24.7. The topological polar surface area (TPSA) is 147 Å². The molecule has 2 amide bonds. The van der Waals surface area contributed by atoms with Crippen molar-refractivity contribution in [1.82, 2.24) is 5.32 Å². The first-order valence-corrected chi connectivity index (χ1v) is 8.37. The number of carboxylic acid groups (broad SMARTS) is 1. The molecule has 0 unspecified atom stereocenters. The van der Waals surface area contributed by atoms with Crippen LogP contribution in [0.25, 0.3) is 0 Å². The molecule has 164 valence electrons. The molecule has 0 atom stereocenters. The molecule has 0 aliphatic heterocycles. The summed E-state index contributed by atoms with van der Waals surface area (Å²) >= 11 is 0. The van der Waals surface area contributed by atoms with E-state index >= 15 is 0 Å². The van der Waals surface area contributed by atoms with Gasteiger partial charge in [0.2, 0.25) is 5.91 Å². The molecule has 3 N–H and O–H groups in total. The Morgan fingerprint density at radius 3 is 1.79 bits per heavy atom. The molecule has 0 spiro atoms. The van der Waals surface area contributed by atoms with Crippen molar-refractivity contribution in [2.45, 2.75) is 33.6 Å². The fourth-order valence-electron chi connectivity index (χ4n) is 0.840. The van der Waals surface area contributed by atoms with E-state index in [4.69, 9.17) is 15.0 Å². The maximum atomic E-state index is 11.0. The van der Waals surface area contributed by atoms with E-state index in [2.05, 4.69) is 31.4 Å². The summed E-state index contributed by atoms with van der Waals surface area (Å²) in [6, 6.07) is 0. The van der Waals surface area contributed by atoms with Crippen LogP contribution in [0.2, 0.25) is 0 Å². The van der Waals surface area contributed by atoms with Crippen molar-refractivity contribution in [2.75, 3.05) is 13.2 Å². The van der Waals surface area contributed by atoms with Crippen molar-refractivity contribution in [3.63, 3.8) is 0 Å². The van der Waals surface area contributed by atoms with Crippen LogP contribution in [0.1, 0.15) is 33.6 Å². The third-order valence-corrected chi connectivity index (χ3v) is 2.28. The van der Waals surface area contributed by atoms with Crippen LogP contribution >= 0.6 is 0 Å². The van der Waals surface area contributed by atoms with Crippen molar-refractivity contribution in [2.24, 2.45) is 0 Å². The van der Waals surface area contributed by atoms with Gasteiger partial charge in [-0.25, -0.2) is 9.59 Å². The molecular weight excluding hydrogens is 382 g/mol. The number of nitrogens with one attached hydrogen (secondary N) is 1. The standard InChI is InChI=1S/C11H13NO4.C4H6O2.C4H10O.CH2O/c1-4-9(13)12-10(14)7-6-8(3)11(15)16-5-2;1-3(2)4(5)6;1-2-3-4-5;1-2/h4,6-7H,1,3,5H2,2H3,(H,12,13,14);1H2,2H3,(H,5,6);5H,2-4H2,1H3;1H2. The Labute approximate surface area is 171 Å². The molecule has 0 radical (unpaired) electrons. The van der Waals surface area contributed by atoms with E-state index in [1.807, 2.05) is 12.1 Å². The quantitative estimate of drug-likeness (QED) is 0.310. The molecule has 0 aromatic rings. The number of hydrogen-bond donors (Lipinski definition) is 3. The van der Waals surface area contributed by atoms with E-state index in [1.54, 1.807) is 6.92 Å². The van der Waals surface area contributed by atoms with Gasteiger partial charge in [-0.3, -0.25) is 14.9 Å². The maximum Gasteiger partial charge on any atom is 0.337 e. The van der Waals surface area contributed by atoms with E-state index in [1.165, 1.54) is 13.0 Å². The average Bonchev–Trinajstić information content (AvgIpc) is 2.69. The fraction of sp³-hybridized carbons (Fsp3) is 0.350. The Balaban J connectivity index is -0.000000197. The molecule has 0 saturated carbocycles. The van der Waals surface area contributed by atoms with Gasteiger partial charge in [0.25, 0.3) is 5.91 Å². The summed E-state index contributed by atoms with van der Waals surface area (Å²) in [4.78, 5) is 50.4. The number of carboxylic acids is 1. The number of carbonyl (C=O) groups is 5. The molecule has 0 bridgehead atoms. The smallest absolute Gasteiger partial charge is 0.337 e. The number of esters is 1. The van der Waals surface area contributed by atoms with Gasteiger partial charge in [0, 0.05) is 18.3 Å². The summed E-state index contributed by atoms with van der Waals surface area (Å²) in [5.74, 6) is -2.82. The molecule has 29 heavy (non-hydrogen) atoms. The second-order valence-electron chi connectivity index (χ2n) is 4.80. The highest BCUT2D eigenvalue weighted by molar-refractivity contribution is 6.05. The Morgan fingerprint density at radius 2 is 1.52 bits per heavy atom. The Hall–Kier alpha value is -3.33. The maximum absolute atomic E-state index is 11.0. The predicted molar refractivity (Wildman–Crippen MR) is 110 cm³/mol. The van der Waals surface area contributed by atoms with Crippen LogP contribution < -0.4 is 5.32 Å². The lowest BCUT2D eigenvalue weighted by Crippen LogP contribution is -2.26. The third kappa shape index (κ3) is 29.7. The zero-order valence-corrected chi connectivity index (χ0v) is 17.2. The molecule has 9 nitrogen and oxygen atoms in total. The number of imide groups is 1. The van der Waals surface area contributed by atoms with Gasteiger partial charge in [-0.15, -0.1) is 0 Å². The molecule has 0 heterocycles. The summed E-state index contributed by atoms with van der Waals surface area (Å²) in [5, 5.41) is 17.9. The highest BCUT2D eigenvalue weighted by Crippen LogP contribution is 1.96. The predicted octanol–water partition coefficient (Wildman–Crippen LogP) is 1.73.